The lowest BCUT2D eigenvalue weighted by Crippen LogP contribution is -2.51. The normalized spacial score (nSPS) is 20.6. The molecule has 2 rings (SSSR count). The predicted octanol–water partition coefficient (Wildman–Crippen LogP) is 2.57. The van der Waals surface area contributed by atoms with E-state index in [1.54, 1.807) is 12.1 Å². The fourth-order valence-electron chi connectivity index (χ4n) is 2.58. The van der Waals surface area contributed by atoms with Crippen LogP contribution in [0.5, 0.6) is 0 Å². The van der Waals surface area contributed by atoms with E-state index >= 15 is 0 Å². The van der Waals surface area contributed by atoms with Gasteiger partial charge in [-0.25, -0.2) is 4.79 Å². The number of nitrogens with zero attached hydrogens (tertiary/aromatic N) is 2. The zero-order chi connectivity index (χ0) is 14.0. The number of likely N-dealkylation sites (N-methyl/N-ethyl adjacent to an activating group) is 1. The minimum absolute atomic E-state index is 0.231. The van der Waals surface area contributed by atoms with Crippen molar-refractivity contribution in [2.24, 2.45) is 0 Å². The smallest absolute Gasteiger partial charge is 0.335 e. The van der Waals surface area contributed by atoms with Crippen molar-refractivity contribution in [3.8, 4) is 0 Å². The Labute approximate surface area is 118 Å². The first-order valence-corrected chi connectivity index (χ1v) is 6.92. The molecule has 0 radical (unpaired) electrons. The molecule has 0 spiro atoms. The molecule has 0 saturated carbocycles. The number of carboxylic acids is 1. The summed E-state index contributed by atoms with van der Waals surface area (Å²) in [5.74, 6) is -0.947. The Kier molecular flexibility index (Phi) is 4.32. The van der Waals surface area contributed by atoms with Gasteiger partial charge in [0.25, 0.3) is 0 Å². The van der Waals surface area contributed by atoms with Gasteiger partial charge in [-0.3, -0.25) is 4.90 Å². The summed E-state index contributed by atoms with van der Waals surface area (Å²) in [7, 11) is 0. The van der Waals surface area contributed by atoms with Gasteiger partial charge in [0.2, 0.25) is 0 Å². The van der Waals surface area contributed by atoms with Crippen LogP contribution < -0.4 is 4.90 Å². The maximum Gasteiger partial charge on any atom is 0.335 e. The second-order valence-electron chi connectivity index (χ2n) is 4.89. The van der Waals surface area contributed by atoms with E-state index in [0.29, 0.717) is 11.1 Å². The molecule has 1 unspecified atom stereocenters. The second-order valence-corrected chi connectivity index (χ2v) is 5.30. The maximum absolute atomic E-state index is 10.9. The summed E-state index contributed by atoms with van der Waals surface area (Å²) in [6.45, 7) is 8.27. The number of aromatic carboxylic acids is 1. The van der Waals surface area contributed by atoms with E-state index < -0.39 is 5.97 Å². The third-order valence-corrected chi connectivity index (χ3v) is 4.01. The lowest BCUT2D eigenvalue weighted by molar-refractivity contribution is 0.0697. The quantitative estimate of drug-likeness (QED) is 0.925. The average Bonchev–Trinajstić information content (AvgIpc) is 2.38. The number of benzene rings is 1. The molecule has 1 aliphatic heterocycles. The third kappa shape index (κ3) is 3.01. The van der Waals surface area contributed by atoms with Crippen molar-refractivity contribution in [1.29, 1.82) is 0 Å². The number of anilines is 1. The number of hydrogen-bond donors (Lipinski definition) is 1. The fraction of sp³-hybridized carbons (Fsp3) is 0.500. The van der Waals surface area contributed by atoms with Gasteiger partial charge in [0.05, 0.1) is 16.3 Å². The second kappa shape index (κ2) is 5.80. The molecule has 1 N–H and O–H groups in total. The maximum atomic E-state index is 10.9. The molecule has 1 aliphatic rings. The van der Waals surface area contributed by atoms with Crippen molar-refractivity contribution in [3.05, 3.63) is 28.8 Å². The molecule has 1 aromatic rings. The molecule has 104 valence electrons. The Bertz CT molecular complexity index is 479. The summed E-state index contributed by atoms with van der Waals surface area (Å²) in [5, 5.41) is 9.45. The van der Waals surface area contributed by atoms with Gasteiger partial charge in [-0.2, -0.15) is 0 Å². The van der Waals surface area contributed by atoms with Crippen molar-refractivity contribution in [2.75, 3.05) is 31.1 Å². The van der Waals surface area contributed by atoms with Crippen molar-refractivity contribution < 1.29 is 9.90 Å². The van der Waals surface area contributed by atoms with Crippen molar-refractivity contribution in [3.63, 3.8) is 0 Å². The first kappa shape index (κ1) is 14.2. The number of hydrogen-bond acceptors (Lipinski definition) is 3. The number of piperazine rings is 1. The summed E-state index contributed by atoms with van der Waals surface area (Å²) in [6.07, 6.45) is 0. The van der Waals surface area contributed by atoms with Crippen LogP contribution >= 0.6 is 11.6 Å². The molecular weight excluding hydrogens is 264 g/mol. The van der Waals surface area contributed by atoms with Gasteiger partial charge in [0, 0.05) is 25.7 Å². The zero-order valence-electron chi connectivity index (χ0n) is 11.3. The zero-order valence-corrected chi connectivity index (χ0v) is 12.0. The Morgan fingerprint density at radius 3 is 2.74 bits per heavy atom. The largest absolute Gasteiger partial charge is 0.478 e. The van der Waals surface area contributed by atoms with E-state index in [-0.39, 0.29) is 5.56 Å². The first-order chi connectivity index (χ1) is 9.02. The summed E-state index contributed by atoms with van der Waals surface area (Å²) in [5.41, 5.74) is 1.16. The van der Waals surface area contributed by atoms with E-state index in [1.807, 2.05) is 0 Å². The van der Waals surface area contributed by atoms with Gasteiger partial charge in [-0.05, 0) is 31.7 Å². The van der Waals surface area contributed by atoms with Gasteiger partial charge >= 0.3 is 5.97 Å². The summed E-state index contributed by atoms with van der Waals surface area (Å²) < 4.78 is 0. The number of carbonyl (C=O) groups is 1. The van der Waals surface area contributed by atoms with Crippen LogP contribution in [0.4, 0.5) is 5.69 Å². The molecule has 1 fully saturated rings. The average molecular weight is 283 g/mol. The standard InChI is InChI=1S/C14H19ClN2O2/c1-3-16-6-7-17(9-10(16)2)13-5-4-11(14(18)19)8-12(13)15/h4-5,8,10H,3,6-7,9H2,1-2H3,(H,18,19). The van der Waals surface area contributed by atoms with Gasteiger partial charge in [-0.1, -0.05) is 18.5 Å². The Balaban J connectivity index is 2.17. The van der Waals surface area contributed by atoms with Crippen LogP contribution in [-0.4, -0.2) is 48.2 Å². The summed E-state index contributed by atoms with van der Waals surface area (Å²) in [6, 6.07) is 5.42. The monoisotopic (exact) mass is 282 g/mol. The van der Waals surface area contributed by atoms with E-state index in [9.17, 15) is 4.79 Å². The highest BCUT2D eigenvalue weighted by atomic mass is 35.5. The van der Waals surface area contributed by atoms with Crippen LogP contribution in [0.2, 0.25) is 5.02 Å². The summed E-state index contributed by atoms with van der Waals surface area (Å²) >= 11 is 6.21. The molecule has 5 heteroatoms. The van der Waals surface area contributed by atoms with Crippen LogP contribution in [0.1, 0.15) is 24.2 Å². The fourth-order valence-corrected chi connectivity index (χ4v) is 2.88. The predicted molar refractivity (Wildman–Crippen MR) is 77.3 cm³/mol. The van der Waals surface area contributed by atoms with Crippen molar-refractivity contribution >= 4 is 23.3 Å². The topological polar surface area (TPSA) is 43.8 Å². The van der Waals surface area contributed by atoms with Crippen LogP contribution in [0.15, 0.2) is 18.2 Å². The molecule has 19 heavy (non-hydrogen) atoms. The molecular formula is C14H19ClN2O2. The number of rotatable bonds is 3. The molecule has 1 aromatic carbocycles. The van der Waals surface area contributed by atoms with Crippen LogP contribution in [0.3, 0.4) is 0 Å². The van der Waals surface area contributed by atoms with Gasteiger partial charge in [0.15, 0.2) is 0 Å². The molecule has 1 heterocycles. The molecule has 4 nitrogen and oxygen atoms in total. The van der Waals surface area contributed by atoms with Gasteiger partial charge in [0.1, 0.15) is 0 Å². The van der Waals surface area contributed by atoms with E-state index in [2.05, 4.69) is 23.6 Å². The van der Waals surface area contributed by atoms with Gasteiger partial charge in [-0.15, -0.1) is 0 Å². The lowest BCUT2D eigenvalue weighted by Gasteiger charge is -2.40. The highest BCUT2D eigenvalue weighted by Crippen LogP contribution is 2.28. The molecule has 0 amide bonds. The molecule has 0 aromatic heterocycles. The Morgan fingerprint density at radius 2 is 2.21 bits per heavy atom. The van der Waals surface area contributed by atoms with Crippen molar-refractivity contribution in [2.45, 2.75) is 19.9 Å². The summed E-state index contributed by atoms with van der Waals surface area (Å²) in [4.78, 5) is 15.5. The highest BCUT2D eigenvalue weighted by molar-refractivity contribution is 6.33. The number of halogens is 1. The Hall–Kier alpha value is -1.26. The minimum Gasteiger partial charge on any atom is -0.478 e. The van der Waals surface area contributed by atoms with E-state index in [0.717, 1.165) is 31.9 Å². The van der Waals surface area contributed by atoms with Crippen LogP contribution in [0, 0.1) is 0 Å². The number of carboxylic acid groups (broad SMARTS) is 1. The SMILES string of the molecule is CCN1CCN(c2ccc(C(=O)O)cc2Cl)CC1C. The molecule has 1 atom stereocenters. The third-order valence-electron chi connectivity index (χ3n) is 3.71. The molecule has 0 aliphatic carbocycles. The highest BCUT2D eigenvalue weighted by Gasteiger charge is 2.23. The van der Waals surface area contributed by atoms with Crippen molar-refractivity contribution in [1.82, 2.24) is 4.90 Å². The lowest BCUT2D eigenvalue weighted by atomic mass is 10.1. The minimum atomic E-state index is -0.947. The molecule has 0 bridgehead atoms. The Morgan fingerprint density at radius 1 is 1.47 bits per heavy atom. The van der Waals surface area contributed by atoms with E-state index in [4.69, 9.17) is 16.7 Å². The molecule has 1 saturated heterocycles. The van der Waals surface area contributed by atoms with Crippen LogP contribution in [0.25, 0.3) is 0 Å². The van der Waals surface area contributed by atoms with Gasteiger partial charge < -0.3 is 10.0 Å². The first-order valence-electron chi connectivity index (χ1n) is 6.54. The van der Waals surface area contributed by atoms with E-state index in [1.165, 1.54) is 6.07 Å². The van der Waals surface area contributed by atoms with Crippen LogP contribution in [-0.2, 0) is 0 Å².